The summed E-state index contributed by atoms with van der Waals surface area (Å²) in [4.78, 5) is 12.2. The second-order valence-electron chi connectivity index (χ2n) is 11.2. The second kappa shape index (κ2) is 11.3. The van der Waals surface area contributed by atoms with E-state index >= 15 is 0 Å². The van der Waals surface area contributed by atoms with Gasteiger partial charge in [-0.15, -0.1) is 0 Å². The van der Waals surface area contributed by atoms with Gasteiger partial charge < -0.3 is 14.5 Å². The van der Waals surface area contributed by atoms with Crippen molar-refractivity contribution >= 4 is 16.9 Å². The zero-order valence-electron chi connectivity index (χ0n) is 23.6. The van der Waals surface area contributed by atoms with Gasteiger partial charge in [-0.25, -0.2) is 4.52 Å². The van der Waals surface area contributed by atoms with E-state index in [1.165, 1.54) is 11.3 Å². The number of aromatic nitrogens is 3. The highest BCUT2D eigenvalue weighted by Crippen LogP contribution is 2.28. The van der Waals surface area contributed by atoms with Gasteiger partial charge in [0.05, 0.1) is 29.6 Å². The molecule has 3 aromatic heterocycles. The topological polar surface area (TPSA) is 72.9 Å². The number of hydrogen-bond donors (Lipinski definition) is 0. The fourth-order valence-corrected chi connectivity index (χ4v) is 6.40. The molecule has 206 valence electrons. The summed E-state index contributed by atoms with van der Waals surface area (Å²) in [6.45, 7) is 11.7. The number of nitrogens with zero attached hydrogens (tertiary/aromatic N) is 7. The van der Waals surface area contributed by atoms with Crippen molar-refractivity contribution in [3.05, 3.63) is 89.5 Å². The number of fused-ring (bicyclic) bond motifs is 1. The Morgan fingerprint density at radius 2 is 1.75 bits per heavy atom. The maximum atomic E-state index is 9.51. The van der Waals surface area contributed by atoms with Crippen LogP contribution in [0.4, 0.5) is 11.4 Å². The van der Waals surface area contributed by atoms with E-state index in [9.17, 15) is 5.26 Å². The van der Waals surface area contributed by atoms with Crippen molar-refractivity contribution in [2.75, 3.05) is 49.1 Å². The van der Waals surface area contributed by atoms with Gasteiger partial charge in [0.25, 0.3) is 0 Å². The van der Waals surface area contributed by atoms with Crippen LogP contribution in [0.25, 0.3) is 5.52 Å². The maximum absolute atomic E-state index is 9.51. The Hall–Kier alpha value is -3.93. The van der Waals surface area contributed by atoms with Crippen LogP contribution in [0.3, 0.4) is 0 Å². The second-order valence-corrected chi connectivity index (χ2v) is 11.2. The van der Waals surface area contributed by atoms with E-state index in [0.717, 1.165) is 68.3 Å². The monoisotopic (exact) mass is 535 g/mol. The average Bonchev–Trinajstić information content (AvgIpc) is 3.43. The number of morpholine rings is 1. The standard InChI is InChI=1S/C32H37N7O/c1-23-15-28(16-24(2)35-23)36-13-14-37(29(20-36)17-26-7-5-4-6-8-26)21-30-22-38(19-25(3)40-30)31-10-9-27(18-33)39-32(31)11-12-34-39/h4-12,15-16,25,29-30H,13-14,17,19-22H2,1-3H3. The number of hydrogen-bond acceptors (Lipinski definition) is 7. The van der Waals surface area contributed by atoms with E-state index in [1.807, 2.05) is 12.1 Å². The summed E-state index contributed by atoms with van der Waals surface area (Å²) in [5, 5.41) is 13.9. The van der Waals surface area contributed by atoms with Crippen LogP contribution in [0, 0.1) is 25.2 Å². The Bertz CT molecular complexity index is 1490. The smallest absolute Gasteiger partial charge is 0.142 e. The lowest BCUT2D eigenvalue weighted by molar-refractivity contribution is -0.0393. The summed E-state index contributed by atoms with van der Waals surface area (Å²) in [6, 6.07) is 23.8. The van der Waals surface area contributed by atoms with Gasteiger partial charge in [0.2, 0.25) is 0 Å². The Kier molecular flexibility index (Phi) is 7.42. The fourth-order valence-electron chi connectivity index (χ4n) is 6.40. The van der Waals surface area contributed by atoms with E-state index in [0.29, 0.717) is 11.7 Å². The molecule has 0 spiro atoms. The van der Waals surface area contributed by atoms with Crippen LogP contribution < -0.4 is 9.80 Å². The SMILES string of the molecule is Cc1cc(N2CCN(CC3CN(c4ccc(C#N)n5nccc45)CC(C)O3)C(Cc3ccccc3)C2)cc(C)n1. The van der Waals surface area contributed by atoms with E-state index < -0.39 is 0 Å². The molecule has 1 aromatic carbocycles. The molecule has 3 unspecified atom stereocenters. The van der Waals surface area contributed by atoms with E-state index in [4.69, 9.17) is 4.74 Å². The van der Waals surface area contributed by atoms with Gasteiger partial charge in [0.1, 0.15) is 11.8 Å². The summed E-state index contributed by atoms with van der Waals surface area (Å²) in [5.41, 5.74) is 7.37. The van der Waals surface area contributed by atoms with Crippen LogP contribution in [-0.4, -0.2) is 77.0 Å². The summed E-state index contributed by atoms with van der Waals surface area (Å²) in [5.74, 6) is 0. The molecule has 2 fully saturated rings. The summed E-state index contributed by atoms with van der Waals surface area (Å²) in [6.07, 6.45) is 2.95. The molecule has 0 radical (unpaired) electrons. The predicted molar refractivity (Wildman–Crippen MR) is 158 cm³/mol. The molecule has 0 amide bonds. The van der Waals surface area contributed by atoms with Gasteiger partial charge in [0, 0.05) is 62.4 Å². The van der Waals surface area contributed by atoms with Gasteiger partial charge in [0.15, 0.2) is 0 Å². The number of aryl methyl sites for hydroxylation is 2. The number of pyridine rings is 2. The summed E-state index contributed by atoms with van der Waals surface area (Å²) >= 11 is 0. The molecule has 0 saturated carbocycles. The molecule has 0 aliphatic carbocycles. The Labute approximate surface area is 236 Å². The molecule has 3 atom stereocenters. The van der Waals surface area contributed by atoms with Crippen LogP contribution in [0.5, 0.6) is 0 Å². The lowest BCUT2D eigenvalue weighted by Crippen LogP contribution is -2.58. The first-order chi connectivity index (χ1) is 19.5. The van der Waals surface area contributed by atoms with E-state index in [-0.39, 0.29) is 12.2 Å². The van der Waals surface area contributed by atoms with Crippen LogP contribution >= 0.6 is 0 Å². The molecule has 0 bridgehead atoms. The van der Waals surface area contributed by atoms with Crippen LogP contribution in [0.2, 0.25) is 0 Å². The zero-order valence-corrected chi connectivity index (χ0v) is 23.6. The molecular weight excluding hydrogens is 498 g/mol. The van der Waals surface area contributed by atoms with Gasteiger partial charge >= 0.3 is 0 Å². The number of ether oxygens (including phenoxy) is 1. The highest BCUT2D eigenvalue weighted by atomic mass is 16.5. The Balaban J connectivity index is 1.22. The number of rotatable bonds is 6. The molecule has 2 aliphatic rings. The molecule has 4 aromatic rings. The molecular formula is C32H37N7O. The minimum atomic E-state index is 0.0811. The number of nitriles is 1. The number of benzene rings is 1. The Morgan fingerprint density at radius 3 is 2.52 bits per heavy atom. The van der Waals surface area contributed by atoms with Gasteiger partial charge in [-0.2, -0.15) is 10.4 Å². The average molecular weight is 536 g/mol. The van der Waals surface area contributed by atoms with Crippen molar-refractivity contribution in [1.29, 1.82) is 5.26 Å². The number of anilines is 2. The first-order valence-corrected chi connectivity index (χ1v) is 14.2. The van der Waals surface area contributed by atoms with Crippen molar-refractivity contribution < 1.29 is 4.74 Å². The summed E-state index contributed by atoms with van der Waals surface area (Å²) < 4.78 is 8.28. The lowest BCUT2D eigenvalue weighted by atomic mass is 10.0. The fraction of sp³-hybridized carbons (Fsp3) is 0.406. The highest BCUT2D eigenvalue weighted by Gasteiger charge is 2.33. The van der Waals surface area contributed by atoms with Crippen molar-refractivity contribution in [2.45, 2.75) is 45.4 Å². The first kappa shape index (κ1) is 26.3. The molecule has 2 aliphatic heterocycles. The van der Waals surface area contributed by atoms with Gasteiger partial charge in [-0.05, 0) is 63.1 Å². The molecule has 0 N–H and O–H groups in total. The normalized spacial score (nSPS) is 22.0. The van der Waals surface area contributed by atoms with Gasteiger partial charge in [-0.3, -0.25) is 9.88 Å². The predicted octanol–water partition coefficient (Wildman–Crippen LogP) is 4.25. The minimum Gasteiger partial charge on any atom is -0.370 e. The highest BCUT2D eigenvalue weighted by molar-refractivity contribution is 5.74. The first-order valence-electron chi connectivity index (χ1n) is 14.2. The van der Waals surface area contributed by atoms with Crippen molar-refractivity contribution in [1.82, 2.24) is 19.5 Å². The van der Waals surface area contributed by atoms with Crippen molar-refractivity contribution in [3.8, 4) is 6.07 Å². The molecule has 2 saturated heterocycles. The molecule has 8 nitrogen and oxygen atoms in total. The largest absolute Gasteiger partial charge is 0.370 e. The maximum Gasteiger partial charge on any atom is 0.142 e. The third-order valence-electron chi connectivity index (χ3n) is 8.10. The number of piperazine rings is 1. The van der Waals surface area contributed by atoms with Crippen molar-refractivity contribution in [3.63, 3.8) is 0 Å². The van der Waals surface area contributed by atoms with Crippen molar-refractivity contribution in [2.24, 2.45) is 0 Å². The molecule has 40 heavy (non-hydrogen) atoms. The zero-order chi connectivity index (χ0) is 27.6. The van der Waals surface area contributed by atoms with E-state index in [2.05, 4.69) is 100 Å². The Morgan fingerprint density at radius 1 is 0.950 bits per heavy atom. The third-order valence-corrected chi connectivity index (χ3v) is 8.10. The van der Waals surface area contributed by atoms with Crippen LogP contribution in [-0.2, 0) is 11.2 Å². The minimum absolute atomic E-state index is 0.0811. The van der Waals surface area contributed by atoms with Crippen LogP contribution in [0.15, 0.2) is 66.9 Å². The molecule has 5 heterocycles. The lowest BCUT2D eigenvalue weighted by Gasteiger charge is -2.46. The van der Waals surface area contributed by atoms with Crippen LogP contribution in [0.1, 0.15) is 29.6 Å². The summed E-state index contributed by atoms with van der Waals surface area (Å²) in [7, 11) is 0. The van der Waals surface area contributed by atoms with E-state index in [1.54, 1.807) is 10.7 Å². The molecule has 8 heteroatoms. The van der Waals surface area contributed by atoms with Gasteiger partial charge in [-0.1, -0.05) is 30.3 Å². The molecule has 6 rings (SSSR count). The quantitative estimate of drug-likeness (QED) is 0.366. The third kappa shape index (κ3) is 5.53.